The lowest BCUT2D eigenvalue weighted by Crippen LogP contribution is -2.26. The number of aromatic nitrogens is 4. The summed E-state index contributed by atoms with van der Waals surface area (Å²) >= 11 is 0. The second-order valence-corrected chi connectivity index (χ2v) is 11.0. The van der Waals surface area contributed by atoms with Crippen molar-refractivity contribution in [1.29, 1.82) is 0 Å². The van der Waals surface area contributed by atoms with Crippen molar-refractivity contribution < 1.29 is 14.3 Å². The Kier molecular flexibility index (Phi) is 4.87. The summed E-state index contributed by atoms with van der Waals surface area (Å²) in [5.41, 5.74) is 1.03. The van der Waals surface area contributed by atoms with Crippen molar-refractivity contribution in [2.75, 3.05) is 11.9 Å². The Morgan fingerprint density at radius 1 is 1.29 bits per heavy atom. The number of amides is 1. The summed E-state index contributed by atoms with van der Waals surface area (Å²) in [6.07, 6.45) is 9.17. The van der Waals surface area contributed by atoms with Gasteiger partial charge in [-0.3, -0.25) is 14.0 Å². The van der Waals surface area contributed by atoms with Crippen LogP contribution in [0.15, 0.2) is 35.5 Å². The fourth-order valence-corrected chi connectivity index (χ4v) is 5.62. The second kappa shape index (κ2) is 7.65. The number of hydrogen-bond donors (Lipinski definition) is 1. The Labute approximate surface area is 203 Å². The predicted molar refractivity (Wildman–Crippen MR) is 130 cm³/mol. The molecular formula is C26H31N5O4. The Bertz CT molecular complexity index is 1380. The Balaban J connectivity index is 1.35. The topological polar surface area (TPSA) is 99.8 Å². The van der Waals surface area contributed by atoms with E-state index in [0.717, 1.165) is 31.4 Å². The SMILES string of the molecule is CC(C)Oc1nc2nc([C@@]34CC[C@@](C)(C3)OC4)cn2cc1C(=O)Nc1cccn(C2CC2C)c1=O. The minimum absolute atomic E-state index is 0.0823. The van der Waals surface area contributed by atoms with E-state index in [1.807, 2.05) is 20.0 Å². The fraction of sp³-hybridized carbons (Fsp3) is 0.538. The molecule has 4 heterocycles. The van der Waals surface area contributed by atoms with Gasteiger partial charge < -0.3 is 19.4 Å². The van der Waals surface area contributed by atoms with Gasteiger partial charge in [-0.1, -0.05) is 6.92 Å². The van der Waals surface area contributed by atoms with E-state index in [0.29, 0.717) is 18.3 Å². The first kappa shape index (κ1) is 22.3. The van der Waals surface area contributed by atoms with E-state index in [1.165, 1.54) is 0 Å². The van der Waals surface area contributed by atoms with Crippen LogP contribution in [0.4, 0.5) is 5.69 Å². The van der Waals surface area contributed by atoms with Crippen LogP contribution in [-0.4, -0.2) is 43.2 Å². The molecule has 4 atom stereocenters. The average Bonchev–Trinajstić information content (AvgIpc) is 3.12. The molecule has 2 saturated carbocycles. The van der Waals surface area contributed by atoms with Gasteiger partial charge in [0, 0.05) is 30.0 Å². The third-order valence-electron chi connectivity index (χ3n) is 7.74. The van der Waals surface area contributed by atoms with Crippen molar-refractivity contribution in [3.63, 3.8) is 0 Å². The highest BCUT2D eigenvalue weighted by atomic mass is 16.5. The van der Waals surface area contributed by atoms with Crippen molar-refractivity contribution in [3.8, 4) is 5.88 Å². The number of nitrogens with one attached hydrogen (secondary N) is 1. The number of hydrogen-bond acceptors (Lipinski definition) is 6. The molecule has 3 aromatic heterocycles. The molecule has 1 aliphatic heterocycles. The molecule has 1 N–H and O–H groups in total. The maximum Gasteiger partial charge on any atom is 0.274 e. The molecule has 1 saturated heterocycles. The van der Waals surface area contributed by atoms with E-state index in [4.69, 9.17) is 14.5 Å². The van der Waals surface area contributed by atoms with Gasteiger partial charge in [0.25, 0.3) is 11.5 Å². The Morgan fingerprint density at radius 3 is 2.71 bits per heavy atom. The summed E-state index contributed by atoms with van der Waals surface area (Å²) in [4.78, 5) is 35.7. The Hall–Kier alpha value is -3.20. The second-order valence-electron chi connectivity index (χ2n) is 11.0. The molecule has 3 aliphatic rings. The van der Waals surface area contributed by atoms with Crippen LogP contribution in [0.3, 0.4) is 0 Å². The van der Waals surface area contributed by atoms with Crippen molar-refractivity contribution in [1.82, 2.24) is 18.9 Å². The van der Waals surface area contributed by atoms with Crippen LogP contribution in [0.5, 0.6) is 5.88 Å². The molecule has 35 heavy (non-hydrogen) atoms. The van der Waals surface area contributed by atoms with Gasteiger partial charge in [-0.25, -0.2) is 4.98 Å². The third-order valence-corrected chi connectivity index (χ3v) is 7.74. The summed E-state index contributed by atoms with van der Waals surface area (Å²) in [5.74, 6) is 0.700. The molecule has 3 aromatic rings. The highest BCUT2D eigenvalue weighted by molar-refractivity contribution is 6.05. The number of carbonyl (C=O) groups is 1. The molecule has 0 radical (unpaired) electrons. The van der Waals surface area contributed by atoms with Crippen molar-refractivity contribution >= 4 is 17.4 Å². The van der Waals surface area contributed by atoms with E-state index in [9.17, 15) is 9.59 Å². The lowest BCUT2D eigenvalue weighted by molar-refractivity contribution is -0.00627. The number of nitrogens with zero attached hydrogens (tertiary/aromatic N) is 4. The van der Waals surface area contributed by atoms with Crippen molar-refractivity contribution in [2.45, 2.75) is 76.5 Å². The van der Waals surface area contributed by atoms with E-state index in [-0.39, 0.29) is 45.9 Å². The summed E-state index contributed by atoms with van der Waals surface area (Å²) in [6, 6.07) is 3.61. The summed E-state index contributed by atoms with van der Waals surface area (Å²) in [7, 11) is 0. The highest BCUT2D eigenvalue weighted by Gasteiger charge is 2.55. The normalized spacial score (nSPS) is 29.2. The van der Waals surface area contributed by atoms with Gasteiger partial charge in [0.05, 0.1) is 24.0 Å². The first-order valence-electron chi connectivity index (χ1n) is 12.4. The fourth-order valence-electron chi connectivity index (χ4n) is 5.62. The van der Waals surface area contributed by atoms with Crippen LogP contribution >= 0.6 is 0 Å². The minimum Gasteiger partial charge on any atom is -0.474 e. The van der Waals surface area contributed by atoms with E-state index in [2.05, 4.69) is 24.1 Å². The molecule has 9 nitrogen and oxygen atoms in total. The highest BCUT2D eigenvalue weighted by Crippen LogP contribution is 2.53. The van der Waals surface area contributed by atoms with Crippen molar-refractivity contribution in [3.05, 3.63) is 52.3 Å². The number of fused-ring (bicyclic) bond motifs is 3. The van der Waals surface area contributed by atoms with Crippen LogP contribution in [-0.2, 0) is 10.2 Å². The van der Waals surface area contributed by atoms with Crippen LogP contribution in [0.25, 0.3) is 5.78 Å². The predicted octanol–water partition coefficient (Wildman–Crippen LogP) is 3.72. The van der Waals surface area contributed by atoms with Crippen LogP contribution in [0, 0.1) is 5.92 Å². The number of carbonyl (C=O) groups excluding carboxylic acids is 1. The molecule has 1 amide bonds. The molecule has 9 heteroatoms. The van der Waals surface area contributed by atoms with Crippen molar-refractivity contribution in [2.24, 2.45) is 5.92 Å². The van der Waals surface area contributed by atoms with Gasteiger partial charge >= 0.3 is 0 Å². The maximum atomic E-state index is 13.4. The monoisotopic (exact) mass is 477 g/mol. The van der Waals surface area contributed by atoms with Gasteiger partial charge in [0.2, 0.25) is 11.7 Å². The molecule has 2 aliphatic carbocycles. The van der Waals surface area contributed by atoms with Gasteiger partial charge in [-0.05, 0) is 64.5 Å². The van der Waals surface area contributed by atoms with Gasteiger partial charge in [0.15, 0.2) is 0 Å². The number of ether oxygens (including phenoxy) is 2. The summed E-state index contributed by atoms with van der Waals surface area (Å²) in [6.45, 7) is 8.68. The van der Waals surface area contributed by atoms with Crippen LogP contribution in [0.2, 0.25) is 0 Å². The van der Waals surface area contributed by atoms with E-state index >= 15 is 0 Å². The average molecular weight is 478 g/mol. The van der Waals surface area contributed by atoms with Gasteiger partial charge in [-0.15, -0.1) is 0 Å². The van der Waals surface area contributed by atoms with E-state index in [1.54, 1.807) is 33.5 Å². The molecule has 0 aromatic carbocycles. The maximum absolute atomic E-state index is 13.4. The van der Waals surface area contributed by atoms with Gasteiger partial charge in [0.1, 0.15) is 11.3 Å². The number of pyridine rings is 1. The molecular weight excluding hydrogens is 446 g/mol. The summed E-state index contributed by atoms with van der Waals surface area (Å²) < 4.78 is 15.4. The molecule has 3 fully saturated rings. The Morgan fingerprint density at radius 2 is 2.09 bits per heavy atom. The number of anilines is 1. The lowest BCUT2D eigenvalue weighted by Gasteiger charge is -2.24. The van der Waals surface area contributed by atoms with E-state index < -0.39 is 5.91 Å². The summed E-state index contributed by atoms with van der Waals surface area (Å²) in [5, 5.41) is 2.79. The smallest absolute Gasteiger partial charge is 0.274 e. The van der Waals surface area contributed by atoms with Crippen LogP contribution < -0.4 is 15.6 Å². The molecule has 2 bridgehead atoms. The zero-order valence-electron chi connectivity index (χ0n) is 20.6. The quantitative estimate of drug-likeness (QED) is 0.581. The largest absolute Gasteiger partial charge is 0.474 e. The van der Waals surface area contributed by atoms with Crippen LogP contribution in [0.1, 0.15) is 75.5 Å². The molecule has 6 rings (SSSR count). The molecule has 0 spiro atoms. The zero-order chi connectivity index (χ0) is 24.5. The first-order chi connectivity index (χ1) is 16.7. The molecule has 2 unspecified atom stereocenters. The lowest BCUT2D eigenvalue weighted by atomic mass is 9.84. The zero-order valence-corrected chi connectivity index (χ0v) is 20.6. The minimum atomic E-state index is -0.445. The number of imidazole rings is 1. The molecule has 184 valence electrons. The van der Waals surface area contributed by atoms with Gasteiger partial charge in [-0.2, -0.15) is 4.98 Å². The standard InChI is InChI=1S/C26H31N5O4/c1-15(2)35-22-17(21(32)27-18-6-5-9-31(23(18)33)19-10-16(19)3)11-30-12-20(28-24(30)29-22)26-8-7-25(4,13-26)34-14-26/h5-6,9,11-12,15-16,19H,7-8,10,13-14H2,1-4H3,(H,27,32)/t16?,19?,25-,26-/m0/s1. The number of rotatable bonds is 6. The third kappa shape index (κ3) is 3.73. The first-order valence-corrected chi connectivity index (χ1v) is 12.4.